The fraction of sp³-hybridized carbons (Fsp3) is 0.636. The van der Waals surface area contributed by atoms with Crippen LogP contribution in [0.1, 0.15) is 33.1 Å². The second-order valence-corrected chi connectivity index (χ2v) is 4.89. The van der Waals surface area contributed by atoms with Gasteiger partial charge < -0.3 is 5.11 Å². The molecule has 3 nitrogen and oxygen atoms in total. The van der Waals surface area contributed by atoms with Gasteiger partial charge in [-0.2, -0.15) is 0 Å². The Morgan fingerprint density at radius 2 is 2.21 bits per heavy atom. The van der Waals surface area contributed by atoms with Crippen LogP contribution in [0.5, 0.6) is 0 Å². The lowest BCUT2D eigenvalue weighted by molar-refractivity contribution is -0.129. The molecule has 1 heterocycles. The van der Waals surface area contributed by atoms with Crippen molar-refractivity contribution in [2.45, 2.75) is 33.1 Å². The maximum Gasteiger partial charge on any atom is 0.354 e. The Morgan fingerprint density at radius 3 is 2.86 bits per heavy atom. The van der Waals surface area contributed by atoms with Crippen molar-refractivity contribution in [2.75, 3.05) is 6.54 Å². The van der Waals surface area contributed by atoms with Crippen LogP contribution in [0.2, 0.25) is 0 Å². The third-order valence-corrected chi connectivity index (χ3v) is 3.10. The zero-order valence-electron chi connectivity index (χ0n) is 8.63. The Morgan fingerprint density at radius 1 is 1.50 bits per heavy atom. The van der Waals surface area contributed by atoms with Crippen molar-refractivity contribution in [3.63, 3.8) is 0 Å². The molecule has 3 heteroatoms. The standard InChI is InChI=1S/C11H15NO2/c1-11(2)4-3-7-6-12-9(10(13)14)8(7)5-11/h3-6H2,1-2H3,(H,13,14). The second kappa shape index (κ2) is 2.94. The molecule has 0 radical (unpaired) electrons. The minimum Gasteiger partial charge on any atom is -0.477 e. The van der Waals surface area contributed by atoms with E-state index in [-0.39, 0.29) is 5.41 Å². The van der Waals surface area contributed by atoms with Gasteiger partial charge >= 0.3 is 5.97 Å². The minimum absolute atomic E-state index is 0.236. The molecule has 0 atom stereocenters. The van der Waals surface area contributed by atoms with Crippen molar-refractivity contribution in [1.29, 1.82) is 0 Å². The number of hydrogen-bond acceptors (Lipinski definition) is 2. The minimum atomic E-state index is -0.868. The maximum atomic E-state index is 10.9. The summed E-state index contributed by atoms with van der Waals surface area (Å²) in [5.74, 6) is -0.868. The normalized spacial score (nSPS) is 24.6. The van der Waals surface area contributed by atoms with Crippen LogP contribution < -0.4 is 0 Å². The highest BCUT2D eigenvalue weighted by molar-refractivity contribution is 6.43. The summed E-state index contributed by atoms with van der Waals surface area (Å²) in [6.07, 6.45) is 3.03. The van der Waals surface area contributed by atoms with Crippen molar-refractivity contribution >= 4 is 11.7 Å². The van der Waals surface area contributed by atoms with Gasteiger partial charge in [0.25, 0.3) is 0 Å². The molecule has 0 aromatic heterocycles. The quantitative estimate of drug-likeness (QED) is 0.692. The molecule has 14 heavy (non-hydrogen) atoms. The molecule has 0 bridgehead atoms. The largest absolute Gasteiger partial charge is 0.477 e. The molecule has 2 rings (SSSR count). The van der Waals surface area contributed by atoms with Crippen LogP contribution in [-0.4, -0.2) is 23.3 Å². The number of carboxylic acid groups (broad SMARTS) is 1. The monoisotopic (exact) mass is 193 g/mol. The summed E-state index contributed by atoms with van der Waals surface area (Å²) in [5, 5.41) is 8.96. The van der Waals surface area contributed by atoms with Crippen molar-refractivity contribution in [1.82, 2.24) is 0 Å². The zero-order chi connectivity index (χ0) is 10.3. The maximum absolute atomic E-state index is 10.9. The number of hydrogen-bond donors (Lipinski definition) is 1. The molecule has 0 unspecified atom stereocenters. The van der Waals surface area contributed by atoms with E-state index < -0.39 is 5.97 Å². The predicted molar refractivity (Wildman–Crippen MR) is 54.6 cm³/mol. The molecule has 0 amide bonds. The van der Waals surface area contributed by atoms with Crippen LogP contribution in [-0.2, 0) is 4.79 Å². The number of rotatable bonds is 1. The molecular formula is C11H15NO2. The summed E-state index contributed by atoms with van der Waals surface area (Å²) in [5.41, 5.74) is 2.81. The smallest absolute Gasteiger partial charge is 0.354 e. The van der Waals surface area contributed by atoms with Crippen LogP contribution in [0.25, 0.3) is 0 Å². The second-order valence-electron chi connectivity index (χ2n) is 4.89. The first-order valence-corrected chi connectivity index (χ1v) is 4.99. The van der Waals surface area contributed by atoms with Gasteiger partial charge in [-0.15, -0.1) is 0 Å². The number of carboxylic acids is 1. The van der Waals surface area contributed by atoms with Gasteiger partial charge in [-0.1, -0.05) is 13.8 Å². The highest BCUT2D eigenvalue weighted by atomic mass is 16.4. The molecular weight excluding hydrogens is 178 g/mol. The molecule has 0 aromatic carbocycles. The summed E-state index contributed by atoms with van der Waals surface area (Å²) >= 11 is 0. The van der Waals surface area contributed by atoms with Gasteiger partial charge in [0.15, 0.2) is 0 Å². The first kappa shape index (κ1) is 9.44. The van der Waals surface area contributed by atoms with E-state index in [1.54, 1.807) is 0 Å². The molecule has 1 aliphatic heterocycles. The van der Waals surface area contributed by atoms with E-state index in [4.69, 9.17) is 5.11 Å². The molecule has 0 spiro atoms. The zero-order valence-corrected chi connectivity index (χ0v) is 8.63. The lowest BCUT2D eigenvalue weighted by Gasteiger charge is -2.30. The van der Waals surface area contributed by atoms with Crippen molar-refractivity contribution in [2.24, 2.45) is 10.4 Å². The average Bonchev–Trinajstić information content (AvgIpc) is 2.44. The van der Waals surface area contributed by atoms with Crippen LogP contribution in [0.3, 0.4) is 0 Å². The third-order valence-electron chi connectivity index (χ3n) is 3.10. The molecule has 1 N–H and O–H groups in total. The number of carbonyl (C=O) groups is 1. The summed E-state index contributed by atoms with van der Waals surface area (Å²) < 4.78 is 0. The van der Waals surface area contributed by atoms with E-state index in [1.165, 1.54) is 5.57 Å². The Hall–Kier alpha value is -1.12. The van der Waals surface area contributed by atoms with Crippen LogP contribution >= 0.6 is 0 Å². The van der Waals surface area contributed by atoms with Crippen molar-refractivity contribution < 1.29 is 9.90 Å². The van der Waals surface area contributed by atoms with E-state index in [1.807, 2.05) is 0 Å². The average molecular weight is 193 g/mol. The third kappa shape index (κ3) is 1.47. The SMILES string of the molecule is CC1(C)CCC2=C(C1)C(C(=O)O)=NC2. The number of aliphatic imine (C=N–C) groups is 1. The Kier molecular flexibility index (Phi) is 1.98. The highest BCUT2D eigenvalue weighted by Gasteiger charge is 2.33. The number of nitrogens with zero attached hydrogens (tertiary/aromatic N) is 1. The highest BCUT2D eigenvalue weighted by Crippen LogP contribution is 2.41. The van der Waals surface area contributed by atoms with Gasteiger partial charge in [0.05, 0.1) is 6.54 Å². The molecule has 1 aliphatic carbocycles. The first-order chi connectivity index (χ1) is 6.49. The van der Waals surface area contributed by atoms with E-state index in [2.05, 4.69) is 18.8 Å². The molecule has 0 saturated heterocycles. The number of aliphatic carboxylic acids is 1. The van der Waals surface area contributed by atoms with Crippen LogP contribution in [0, 0.1) is 5.41 Å². The summed E-state index contributed by atoms with van der Waals surface area (Å²) in [6, 6.07) is 0. The predicted octanol–water partition coefficient (Wildman–Crippen LogP) is 2.03. The van der Waals surface area contributed by atoms with Crippen LogP contribution in [0.15, 0.2) is 16.1 Å². The summed E-state index contributed by atoms with van der Waals surface area (Å²) in [4.78, 5) is 15.0. The van der Waals surface area contributed by atoms with Gasteiger partial charge in [-0.25, -0.2) is 4.79 Å². The molecule has 0 aromatic rings. The Bertz CT molecular complexity index is 350. The lowest BCUT2D eigenvalue weighted by atomic mass is 9.74. The Balaban J connectivity index is 2.30. The van der Waals surface area contributed by atoms with Crippen LogP contribution in [0.4, 0.5) is 0 Å². The first-order valence-electron chi connectivity index (χ1n) is 4.99. The topological polar surface area (TPSA) is 49.7 Å². The van der Waals surface area contributed by atoms with Gasteiger partial charge in [-0.05, 0) is 35.8 Å². The summed E-state index contributed by atoms with van der Waals surface area (Å²) in [7, 11) is 0. The molecule has 76 valence electrons. The Labute approximate surface area is 83.5 Å². The molecule has 0 fully saturated rings. The van der Waals surface area contributed by atoms with E-state index in [9.17, 15) is 4.79 Å². The van der Waals surface area contributed by atoms with E-state index >= 15 is 0 Å². The van der Waals surface area contributed by atoms with Gasteiger partial charge in [0.2, 0.25) is 0 Å². The van der Waals surface area contributed by atoms with Gasteiger partial charge in [0.1, 0.15) is 5.71 Å². The lowest BCUT2D eigenvalue weighted by Crippen LogP contribution is -2.23. The fourth-order valence-electron chi connectivity index (χ4n) is 2.22. The molecule has 2 aliphatic rings. The van der Waals surface area contributed by atoms with E-state index in [0.29, 0.717) is 12.3 Å². The summed E-state index contributed by atoms with van der Waals surface area (Å²) in [6.45, 7) is 5.00. The van der Waals surface area contributed by atoms with Crippen molar-refractivity contribution in [3.8, 4) is 0 Å². The van der Waals surface area contributed by atoms with Gasteiger partial charge in [-0.3, -0.25) is 4.99 Å². The fourth-order valence-corrected chi connectivity index (χ4v) is 2.22. The van der Waals surface area contributed by atoms with Crippen molar-refractivity contribution in [3.05, 3.63) is 11.1 Å². The molecule has 0 saturated carbocycles. The van der Waals surface area contributed by atoms with E-state index in [0.717, 1.165) is 24.8 Å². The van der Waals surface area contributed by atoms with Gasteiger partial charge in [0, 0.05) is 0 Å².